The number of guanidine groups is 1. The molecule has 1 atom stereocenters. The number of anilines is 1. The molecule has 2 aromatic heterocycles. The van der Waals surface area contributed by atoms with E-state index in [2.05, 4.69) is 25.6 Å². The van der Waals surface area contributed by atoms with Gasteiger partial charge in [0.25, 0.3) is 5.56 Å². The molecule has 0 saturated heterocycles. The molecule has 0 saturated carbocycles. The van der Waals surface area contributed by atoms with Gasteiger partial charge in [-0.05, 0) is 30.7 Å². The number of fused-ring (bicyclic) bond motifs is 1. The normalized spacial score (nSPS) is 17.1. The Morgan fingerprint density at radius 3 is 2.81 bits per heavy atom. The van der Waals surface area contributed by atoms with Crippen LogP contribution < -0.4 is 16.2 Å². The van der Waals surface area contributed by atoms with Crippen LogP contribution in [0.3, 0.4) is 0 Å². The second kappa shape index (κ2) is 7.20. The summed E-state index contributed by atoms with van der Waals surface area (Å²) in [5.41, 5.74) is 2.35. The average molecular weight is 381 g/mol. The molecule has 2 N–H and O–H groups in total. The van der Waals surface area contributed by atoms with Crippen LogP contribution in [-0.4, -0.2) is 20.5 Å². The smallest absolute Gasteiger partial charge is 0.257 e. The third kappa shape index (κ3) is 3.68. The van der Waals surface area contributed by atoms with Gasteiger partial charge in [0.2, 0.25) is 5.95 Å². The van der Waals surface area contributed by atoms with E-state index < -0.39 is 6.17 Å². The molecule has 1 unspecified atom stereocenters. The molecule has 0 aliphatic carbocycles. The third-order valence-corrected chi connectivity index (χ3v) is 4.43. The molecule has 0 amide bonds. The topological polar surface area (TPSA) is 84.2 Å². The quantitative estimate of drug-likeness (QED) is 0.729. The van der Waals surface area contributed by atoms with Gasteiger partial charge in [0.1, 0.15) is 6.17 Å². The number of nitrogens with one attached hydrogen (secondary N) is 2. The molecule has 7 nitrogen and oxygen atoms in total. The van der Waals surface area contributed by atoms with E-state index in [4.69, 9.17) is 11.6 Å². The minimum Gasteiger partial charge on any atom is -0.331 e. The Bertz CT molecular complexity index is 1050. The van der Waals surface area contributed by atoms with Crippen LogP contribution in [0.25, 0.3) is 0 Å². The second-order valence-electron chi connectivity index (χ2n) is 6.18. The van der Waals surface area contributed by atoms with Gasteiger partial charge < -0.3 is 5.32 Å². The van der Waals surface area contributed by atoms with Crippen LogP contribution in [0, 0.1) is 6.92 Å². The molecule has 0 bridgehead atoms. The van der Waals surface area contributed by atoms with Gasteiger partial charge in [-0.3, -0.25) is 19.7 Å². The molecule has 1 aliphatic rings. The van der Waals surface area contributed by atoms with Crippen molar-refractivity contribution in [1.82, 2.24) is 19.9 Å². The maximum atomic E-state index is 12.6. The third-order valence-electron chi connectivity index (χ3n) is 4.18. The number of aliphatic imine (C=N–C) groups is 1. The van der Waals surface area contributed by atoms with Crippen molar-refractivity contribution >= 4 is 23.5 Å². The van der Waals surface area contributed by atoms with Crippen LogP contribution in [-0.2, 0) is 6.54 Å². The first-order valence-electron chi connectivity index (χ1n) is 8.43. The summed E-state index contributed by atoms with van der Waals surface area (Å²) in [7, 11) is 0. The van der Waals surface area contributed by atoms with Crippen LogP contribution in [0.4, 0.5) is 5.95 Å². The highest BCUT2D eigenvalue weighted by Crippen LogP contribution is 2.21. The zero-order valence-corrected chi connectivity index (χ0v) is 15.3. The molecule has 0 radical (unpaired) electrons. The van der Waals surface area contributed by atoms with Gasteiger partial charge in [-0.2, -0.15) is 0 Å². The van der Waals surface area contributed by atoms with E-state index in [0.717, 1.165) is 11.1 Å². The summed E-state index contributed by atoms with van der Waals surface area (Å²) in [6.45, 7) is 2.25. The Balaban J connectivity index is 1.71. The molecule has 4 rings (SSSR count). The molecule has 8 heteroatoms. The van der Waals surface area contributed by atoms with Crippen LogP contribution in [0.2, 0.25) is 5.02 Å². The first-order chi connectivity index (χ1) is 13.1. The SMILES string of the molecule is Cc1cc(=O)n2c(n1)NC(=NCc1ccc(Cl)cc1)NC2c1cccnc1. The lowest BCUT2D eigenvalue weighted by Crippen LogP contribution is -2.48. The van der Waals surface area contributed by atoms with E-state index in [-0.39, 0.29) is 5.56 Å². The highest BCUT2D eigenvalue weighted by Gasteiger charge is 2.26. The fourth-order valence-electron chi connectivity index (χ4n) is 2.89. The Kier molecular flexibility index (Phi) is 4.60. The van der Waals surface area contributed by atoms with E-state index in [0.29, 0.717) is 29.2 Å². The molecule has 3 aromatic rings. The summed E-state index contributed by atoms with van der Waals surface area (Å²) < 4.78 is 1.56. The summed E-state index contributed by atoms with van der Waals surface area (Å²) >= 11 is 5.93. The maximum Gasteiger partial charge on any atom is 0.257 e. The number of aryl methyl sites for hydroxylation is 1. The van der Waals surface area contributed by atoms with Gasteiger partial charge in [-0.25, -0.2) is 9.98 Å². The van der Waals surface area contributed by atoms with Gasteiger partial charge in [0, 0.05) is 34.7 Å². The number of nitrogens with zero attached hydrogens (tertiary/aromatic N) is 4. The van der Waals surface area contributed by atoms with E-state index >= 15 is 0 Å². The minimum atomic E-state index is -0.445. The van der Waals surface area contributed by atoms with E-state index in [1.807, 2.05) is 36.4 Å². The maximum absolute atomic E-state index is 12.6. The molecule has 1 aromatic carbocycles. The molecular weight excluding hydrogens is 364 g/mol. The Labute approximate surface area is 160 Å². The van der Waals surface area contributed by atoms with Crippen molar-refractivity contribution in [2.45, 2.75) is 19.6 Å². The van der Waals surface area contributed by atoms with Crippen LogP contribution in [0.5, 0.6) is 0 Å². The molecule has 136 valence electrons. The Hall–Kier alpha value is -3.19. The molecule has 1 aliphatic heterocycles. The lowest BCUT2D eigenvalue weighted by atomic mass is 10.2. The first kappa shape index (κ1) is 17.2. The molecule has 0 spiro atoms. The summed E-state index contributed by atoms with van der Waals surface area (Å²) in [6, 6.07) is 12.8. The number of pyridine rings is 1. The summed E-state index contributed by atoms with van der Waals surface area (Å²) in [5, 5.41) is 7.05. The summed E-state index contributed by atoms with van der Waals surface area (Å²) in [6.07, 6.45) is 2.96. The molecule has 3 heterocycles. The number of halogens is 1. The van der Waals surface area contributed by atoms with Crippen molar-refractivity contribution in [1.29, 1.82) is 0 Å². The number of hydrogen-bond acceptors (Lipinski definition) is 4. The second-order valence-corrected chi connectivity index (χ2v) is 6.62. The average Bonchev–Trinajstić information content (AvgIpc) is 2.67. The number of hydrogen-bond donors (Lipinski definition) is 2. The van der Waals surface area contributed by atoms with Gasteiger partial charge in [0.15, 0.2) is 5.96 Å². The van der Waals surface area contributed by atoms with E-state index in [1.54, 1.807) is 23.9 Å². The summed E-state index contributed by atoms with van der Waals surface area (Å²) in [4.78, 5) is 25.8. The van der Waals surface area contributed by atoms with Crippen molar-refractivity contribution in [3.8, 4) is 0 Å². The highest BCUT2D eigenvalue weighted by molar-refractivity contribution is 6.30. The zero-order chi connectivity index (χ0) is 18.8. The van der Waals surface area contributed by atoms with Crippen molar-refractivity contribution in [3.63, 3.8) is 0 Å². The van der Waals surface area contributed by atoms with Gasteiger partial charge >= 0.3 is 0 Å². The monoisotopic (exact) mass is 380 g/mol. The van der Waals surface area contributed by atoms with Crippen molar-refractivity contribution in [2.75, 3.05) is 5.32 Å². The standard InChI is InChI=1S/C19H17ClN6O/c1-12-9-16(27)26-17(14-3-2-8-21-11-14)24-18(25-19(26)23-12)22-10-13-4-6-15(20)7-5-13/h2-9,11,17H,10H2,1H3,(H2,22,23,24,25). The Morgan fingerprint density at radius 1 is 1.26 bits per heavy atom. The van der Waals surface area contributed by atoms with Crippen molar-refractivity contribution in [3.05, 3.63) is 87.1 Å². The van der Waals surface area contributed by atoms with Gasteiger partial charge in [-0.1, -0.05) is 29.8 Å². The summed E-state index contributed by atoms with van der Waals surface area (Å²) in [5.74, 6) is 0.985. The fourth-order valence-corrected chi connectivity index (χ4v) is 3.02. The predicted octanol–water partition coefficient (Wildman–Crippen LogP) is 2.72. The lowest BCUT2D eigenvalue weighted by molar-refractivity contribution is 0.513. The minimum absolute atomic E-state index is 0.150. The molecule has 27 heavy (non-hydrogen) atoms. The van der Waals surface area contributed by atoms with Gasteiger partial charge in [-0.15, -0.1) is 0 Å². The Morgan fingerprint density at radius 2 is 2.07 bits per heavy atom. The van der Waals surface area contributed by atoms with Crippen LogP contribution in [0.15, 0.2) is 64.6 Å². The van der Waals surface area contributed by atoms with Crippen molar-refractivity contribution in [2.24, 2.45) is 4.99 Å². The van der Waals surface area contributed by atoms with Crippen LogP contribution >= 0.6 is 11.6 Å². The molecule has 0 fully saturated rings. The molecular formula is C19H17ClN6O. The number of aromatic nitrogens is 3. The van der Waals surface area contributed by atoms with Crippen molar-refractivity contribution < 1.29 is 0 Å². The van der Waals surface area contributed by atoms with E-state index in [1.165, 1.54) is 6.07 Å². The predicted molar refractivity (Wildman–Crippen MR) is 105 cm³/mol. The van der Waals surface area contributed by atoms with Gasteiger partial charge in [0.05, 0.1) is 6.54 Å². The number of rotatable bonds is 3. The fraction of sp³-hybridized carbons (Fsp3) is 0.158. The van der Waals surface area contributed by atoms with E-state index in [9.17, 15) is 4.79 Å². The largest absolute Gasteiger partial charge is 0.331 e. The number of benzene rings is 1. The first-order valence-corrected chi connectivity index (χ1v) is 8.80. The lowest BCUT2D eigenvalue weighted by Gasteiger charge is -2.30. The highest BCUT2D eigenvalue weighted by atomic mass is 35.5. The van der Waals surface area contributed by atoms with Crippen LogP contribution in [0.1, 0.15) is 23.0 Å². The zero-order valence-electron chi connectivity index (χ0n) is 14.6.